The zero-order chi connectivity index (χ0) is 26.0. The van der Waals surface area contributed by atoms with Crippen molar-refractivity contribution in [2.75, 3.05) is 4.90 Å². The summed E-state index contributed by atoms with van der Waals surface area (Å²) in [6, 6.07) is 8.06. The van der Waals surface area contributed by atoms with Gasteiger partial charge in [0.05, 0.1) is 12.1 Å². The van der Waals surface area contributed by atoms with Crippen LogP contribution in [0.1, 0.15) is 57.4 Å². The summed E-state index contributed by atoms with van der Waals surface area (Å²) in [6.45, 7) is -0.557. The Kier molecular flexibility index (Phi) is 5.43. The summed E-state index contributed by atoms with van der Waals surface area (Å²) in [5.41, 5.74) is 3.17. The highest BCUT2D eigenvalue weighted by molar-refractivity contribution is 6.10. The zero-order valence-electron chi connectivity index (χ0n) is 19.0. The van der Waals surface area contributed by atoms with E-state index in [1.54, 1.807) is 0 Å². The summed E-state index contributed by atoms with van der Waals surface area (Å²) < 4.78 is 86.4. The molecule has 2 aromatic carbocycles. The van der Waals surface area contributed by atoms with Crippen molar-refractivity contribution >= 4 is 11.6 Å². The first-order valence-corrected chi connectivity index (χ1v) is 11.1. The number of rotatable bonds is 5. The molecule has 12 heteroatoms. The summed E-state index contributed by atoms with van der Waals surface area (Å²) in [5, 5.41) is 7.37. The van der Waals surface area contributed by atoms with Crippen molar-refractivity contribution in [1.82, 2.24) is 14.8 Å². The van der Waals surface area contributed by atoms with E-state index in [0.29, 0.717) is 0 Å². The number of alkyl halides is 6. The smallest absolute Gasteiger partial charge is 0.326 e. The van der Waals surface area contributed by atoms with Gasteiger partial charge in [0.15, 0.2) is 12.0 Å². The molecule has 2 heterocycles. The van der Waals surface area contributed by atoms with Crippen LogP contribution in [0.4, 0.5) is 32.0 Å². The molecule has 3 aromatic rings. The summed E-state index contributed by atoms with van der Waals surface area (Å²) in [4.78, 5) is 14.3. The summed E-state index contributed by atoms with van der Waals surface area (Å²) in [5.74, 6) is -3.90. The zero-order valence-corrected chi connectivity index (χ0v) is 19.0. The highest BCUT2D eigenvalue weighted by Crippen LogP contribution is 2.60. The van der Waals surface area contributed by atoms with E-state index in [1.165, 1.54) is 48.3 Å². The molecule has 2 N–H and O–H groups in total. The van der Waals surface area contributed by atoms with Crippen LogP contribution < -0.4 is 10.6 Å². The molecular formula is C24H21F6N5O. The Balaban J connectivity index is 1.55. The maximum absolute atomic E-state index is 15.8. The van der Waals surface area contributed by atoms with Gasteiger partial charge in [-0.15, -0.1) is 10.2 Å². The van der Waals surface area contributed by atoms with E-state index in [0.717, 1.165) is 11.0 Å². The molecule has 1 fully saturated rings. The second kappa shape index (κ2) is 8.05. The Morgan fingerprint density at radius 1 is 1.17 bits per heavy atom. The Morgan fingerprint density at radius 2 is 1.89 bits per heavy atom. The highest BCUT2D eigenvalue weighted by atomic mass is 19.4. The molecule has 0 bridgehead atoms. The Hall–Kier alpha value is -3.41. The number of nitrogens with zero attached hydrogens (tertiary/aromatic N) is 4. The molecule has 1 saturated carbocycles. The molecule has 1 aliphatic carbocycles. The third-order valence-electron chi connectivity index (χ3n) is 6.98. The summed E-state index contributed by atoms with van der Waals surface area (Å²) in [6.07, 6.45) is -6.94. The van der Waals surface area contributed by atoms with E-state index in [1.807, 2.05) is 0 Å². The molecule has 1 atom stereocenters. The van der Waals surface area contributed by atoms with Crippen LogP contribution in [0.3, 0.4) is 0 Å². The third-order valence-corrected chi connectivity index (χ3v) is 6.98. The SMILES string of the molecule is Cn1cnnc1[C@H](F)C1(c2cccc(N3Cc4c(cc(CN)cc4C(F)(F)F)C3=O)c2)CC(F)(F)C1. The van der Waals surface area contributed by atoms with E-state index in [4.69, 9.17) is 5.73 Å². The third kappa shape index (κ3) is 3.74. The monoisotopic (exact) mass is 509 g/mol. The molecule has 190 valence electrons. The number of carbonyl (C=O) groups excluding carboxylic acids is 1. The Morgan fingerprint density at radius 3 is 2.47 bits per heavy atom. The van der Waals surface area contributed by atoms with Crippen molar-refractivity contribution in [3.63, 3.8) is 0 Å². The molecule has 6 nitrogen and oxygen atoms in total. The van der Waals surface area contributed by atoms with Gasteiger partial charge in [0.25, 0.3) is 5.91 Å². The number of aryl methyl sites for hydroxylation is 1. The van der Waals surface area contributed by atoms with E-state index in [2.05, 4.69) is 10.2 Å². The molecule has 1 aromatic heterocycles. The average molecular weight is 509 g/mol. The minimum atomic E-state index is -4.70. The van der Waals surface area contributed by atoms with Gasteiger partial charge in [0.1, 0.15) is 6.33 Å². The van der Waals surface area contributed by atoms with Crippen LogP contribution in [0.5, 0.6) is 0 Å². The van der Waals surface area contributed by atoms with Crippen molar-refractivity contribution in [3.8, 4) is 0 Å². The molecule has 2 aliphatic rings. The van der Waals surface area contributed by atoms with Crippen LogP contribution in [0.25, 0.3) is 0 Å². The normalized spacial score (nSPS) is 19.2. The van der Waals surface area contributed by atoms with Gasteiger partial charge in [0, 0.05) is 43.1 Å². The molecule has 36 heavy (non-hydrogen) atoms. The lowest BCUT2D eigenvalue weighted by Gasteiger charge is -2.49. The highest BCUT2D eigenvalue weighted by Gasteiger charge is 2.62. The summed E-state index contributed by atoms with van der Waals surface area (Å²) >= 11 is 0. The van der Waals surface area contributed by atoms with Crippen molar-refractivity contribution in [2.45, 2.75) is 49.6 Å². The number of carbonyl (C=O) groups is 1. The number of benzene rings is 2. The first-order valence-electron chi connectivity index (χ1n) is 11.1. The van der Waals surface area contributed by atoms with Crippen LogP contribution in [0, 0.1) is 0 Å². The lowest BCUT2D eigenvalue weighted by Crippen LogP contribution is -2.52. The number of halogens is 6. The van der Waals surface area contributed by atoms with E-state index in [-0.39, 0.29) is 46.9 Å². The second-order valence-electron chi connectivity index (χ2n) is 9.34. The molecule has 0 spiro atoms. The van der Waals surface area contributed by atoms with Gasteiger partial charge in [0.2, 0.25) is 5.92 Å². The van der Waals surface area contributed by atoms with Crippen molar-refractivity contribution < 1.29 is 31.1 Å². The number of nitrogens with two attached hydrogens (primary N) is 1. The van der Waals surface area contributed by atoms with Crippen molar-refractivity contribution in [2.24, 2.45) is 12.8 Å². The molecular weight excluding hydrogens is 488 g/mol. The first kappa shape index (κ1) is 24.3. The van der Waals surface area contributed by atoms with Crippen LogP contribution in [0.15, 0.2) is 42.7 Å². The van der Waals surface area contributed by atoms with Gasteiger partial charge >= 0.3 is 6.18 Å². The fraction of sp³-hybridized carbons (Fsp3) is 0.375. The quantitative estimate of drug-likeness (QED) is 0.500. The molecule has 0 saturated heterocycles. The molecule has 0 unspecified atom stereocenters. The lowest BCUT2D eigenvalue weighted by atomic mass is 9.59. The number of hydrogen-bond donors (Lipinski definition) is 1. The standard InChI is InChI=1S/C24H21F6N5O/c1-34-12-32-33-20(34)19(25)22(10-23(26,27)11-22)14-3-2-4-15(7-14)35-9-17-16(21(35)36)5-13(8-31)6-18(17)24(28,29)30/h2-7,12,19H,8-11,31H2,1H3/t19-/m0/s1. The van der Waals surface area contributed by atoms with Crippen LogP contribution >= 0.6 is 0 Å². The van der Waals surface area contributed by atoms with Gasteiger partial charge in [-0.1, -0.05) is 12.1 Å². The fourth-order valence-corrected chi connectivity index (χ4v) is 5.20. The molecule has 5 rings (SSSR count). The van der Waals surface area contributed by atoms with Gasteiger partial charge in [-0.2, -0.15) is 13.2 Å². The predicted molar refractivity (Wildman–Crippen MR) is 117 cm³/mol. The van der Waals surface area contributed by atoms with Gasteiger partial charge < -0.3 is 15.2 Å². The Labute approximate surface area is 201 Å². The minimum absolute atomic E-state index is 0.121. The van der Waals surface area contributed by atoms with E-state index in [9.17, 15) is 26.7 Å². The van der Waals surface area contributed by atoms with Crippen LogP contribution in [-0.4, -0.2) is 26.6 Å². The largest absolute Gasteiger partial charge is 0.416 e. The minimum Gasteiger partial charge on any atom is -0.326 e. The van der Waals surface area contributed by atoms with Gasteiger partial charge in [-0.25, -0.2) is 13.2 Å². The number of fused-ring (bicyclic) bond motifs is 1. The fourth-order valence-electron chi connectivity index (χ4n) is 5.20. The second-order valence-corrected chi connectivity index (χ2v) is 9.34. The maximum Gasteiger partial charge on any atom is 0.416 e. The molecule has 1 amide bonds. The van der Waals surface area contributed by atoms with Crippen molar-refractivity contribution in [3.05, 3.63) is 76.4 Å². The Bertz CT molecular complexity index is 1340. The van der Waals surface area contributed by atoms with E-state index < -0.39 is 48.0 Å². The number of hydrogen-bond acceptors (Lipinski definition) is 4. The van der Waals surface area contributed by atoms with Gasteiger partial charge in [-0.3, -0.25) is 4.79 Å². The number of anilines is 1. The number of amides is 1. The first-order chi connectivity index (χ1) is 16.9. The topological polar surface area (TPSA) is 77.0 Å². The molecule has 1 aliphatic heterocycles. The number of aromatic nitrogens is 3. The van der Waals surface area contributed by atoms with Gasteiger partial charge in [-0.05, 0) is 41.0 Å². The molecule has 0 radical (unpaired) electrons. The van der Waals surface area contributed by atoms with Crippen LogP contribution in [-0.2, 0) is 31.7 Å². The van der Waals surface area contributed by atoms with Crippen LogP contribution in [0.2, 0.25) is 0 Å². The lowest BCUT2D eigenvalue weighted by molar-refractivity contribution is -0.151. The van der Waals surface area contributed by atoms with Crippen molar-refractivity contribution in [1.29, 1.82) is 0 Å². The average Bonchev–Trinajstić information content (AvgIpc) is 3.38. The predicted octanol–water partition coefficient (Wildman–Crippen LogP) is 4.83. The van der Waals surface area contributed by atoms with E-state index >= 15 is 4.39 Å². The maximum atomic E-state index is 15.8. The summed E-state index contributed by atoms with van der Waals surface area (Å²) in [7, 11) is 1.50.